The van der Waals surface area contributed by atoms with Crippen LogP contribution in [0.15, 0.2) is 255 Å². The predicted molar refractivity (Wildman–Crippen MR) is 277 cm³/mol. The minimum Gasteiger partial charge on any atom is -0.231 e. The van der Waals surface area contributed by atoms with Gasteiger partial charge >= 0.3 is 0 Å². The van der Waals surface area contributed by atoms with E-state index < -0.39 is 0 Å². The lowest BCUT2D eigenvalue weighted by Gasteiger charge is -2.14. The molecule has 0 atom stereocenters. The van der Waals surface area contributed by atoms with Gasteiger partial charge in [-0.05, 0) is 56.5 Å². The van der Waals surface area contributed by atoms with Crippen LogP contribution in [0.5, 0.6) is 0 Å². The smallest absolute Gasteiger partial charge is 0.160 e. The lowest BCUT2D eigenvalue weighted by atomic mass is 9.93. The second kappa shape index (κ2) is 17.2. The number of fused-ring (bicyclic) bond motifs is 3. The fourth-order valence-corrected chi connectivity index (χ4v) is 9.31. The molecule has 4 heteroatoms. The molecular weight excluding hydrogens is 813 g/mol. The van der Waals surface area contributed by atoms with Gasteiger partial charge in [-0.3, -0.25) is 0 Å². The summed E-state index contributed by atoms with van der Waals surface area (Å²) in [6, 6.07) is 89.8. The maximum absolute atomic E-state index is 5.43. The van der Waals surface area contributed by atoms with E-state index in [1.807, 2.05) is 12.1 Å². The van der Waals surface area contributed by atoms with E-state index in [2.05, 4.69) is 247 Å². The summed E-state index contributed by atoms with van der Waals surface area (Å²) in [6.45, 7) is 0. The van der Waals surface area contributed by atoms with Crippen LogP contribution in [0.1, 0.15) is 0 Å². The van der Waals surface area contributed by atoms with Gasteiger partial charge in [-0.25, -0.2) is 14.5 Å². The van der Waals surface area contributed by atoms with Crippen molar-refractivity contribution in [2.75, 3.05) is 0 Å². The summed E-state index contributed by atoms with van der Waals surface area (Å²) in [5.41, 5.74) is 19.1. The SMILES string of the molecule is c1ccc(-c2ccc(-c3cc(-c4ccc(-c5ccccc5)cc4)nc(-c4ccc(-c5cccc6c5cc(-c5ccccc5)n5nc(-c7ccccc7)c(-c7ccccc7)c65)cc4)n3)cc2)cc1. The Morgan fingerprint density at radius 2 is 0.701 bits per heavy atom. The van der Waals surface area contributed by atoms with E-state index in [-0.39, 0.29) is 0 Å². The van der Waals surface area contributed by atoms with Crippen molar-refractivity contribution in [3.8, 4) is 101 Å². The van der Waals surface area contributed by atoms with E-state index in [0.717, 1.165) is 100 Å². The molecule has 0 spiro atoms. The Balaban J connectivity index is 0.993. The Morgan fingerprint density at radius 1 is 0.284 bits per heavy atom. The van der Waals surface area contributed by atoms with Crippen LogP contribution >= 0.6 is 0 Å². The van der Waals surface area contributed by atoms with Crippen LogP contribution in [0.4, 0.5) is 0 Å². The Morgan fingerprint density at radius 3 is 1.22 bits per heavy atom. The van der Waals surface area contributed by atoms with Crippen molar-refractivity contribution in [1.29, 1.82) is 0 Å². The number of pyridine rings is 1. The Labute approximate surface area is 389 Å². The number of hydrogen-bond acceptors (Lipinski definition) is 3. The van der Waals surface area contributed by atoms with E-state index in [1.165, 1.54) is 11.1 Å². The molecule has 3 heterocycles. The van der Waals surface area contributed by atoms with Crippen molar-refractivity contribution in [2.45, 2.75) is 0 Å². The quantitative estimate of drug-likeness (QED) is 0.145. The van der Waals surface area contributed by atoms with Crippen LogP contribution in [0, 0.1) is 0 Å². The molecule has 0 N–H and O–H groups in total. The molecule has 0 unspecified atom stereocenters. The van der Waals surface area contributed by atoms with Crippen molar-refractivity contribution in [3.05, 3.63) is 255 Å². The Bertz CT molecular complexity index is 3560. The Hall–Kier alpha value is -8.99. The van der Waals surface area contributed by atoms with Crippen molar-refractivity contribution < 1.29 is 0 Å². The third-order valence-electron chi connectivity index (χ3n) is 12.7. The maximum atomic E-state index is 5.43. The van der Waals surface area contributed by atoms with E-state index in [0.29, 0.717) is 5.82 Å². The highest BCUT2D eigenvalue weighted by Crippen LogP contribution is 2.43. The van der Waals surface area contributed by atoms with E-state index in [4.69, 9.17) is 15.1 Å². The largest absolute Gasteiger partial charge is 0.231 e. The van der Waals surface area contributed by atoms with Crippen LogP contribution < -0.4 is 0 Å². The molecule has 0 aliphatic heterocycles. The second-order valence-corrected chi connectivity index (χ2v) is 16.8. The van der Waals surface area contributed by atoms with Gasteiger partial charge in [-0.15, -0.1) is 0 Å². The van der Waals surface area contributed by atoms with Crippen molar-refractivity contribution in [3.63, 3.8) is 0 Å². The highest BCUT2D eigenvalue weighted by atomic mass is 15.2. The summed E-state index contributed by atoms with van der Waals surface area (Å²) in [5.74, 6) is 0.671. The number of nitrogens with zero attached hydrogens (tertiary/aromatic N) is 4. The normalized spacial score (nSPS) is 11.3. The first-order valence-electron chi connectivity index (χ1n) is 22.7. The van der Waals surface area contributed by atoms with E-state index in [9.17, 15) is 0 Å². The van der Waals surface area contributed by atoms with Gasteiger partial charge in [0.1, 0.15) is 5.69 Å². The second-order valence-electron chi connectivity index (χ2n) is 16.8. The van der Waals surface area contributed by atoms with Gasteiger partial charge in [-0.1, -0.05) is 243 Å². The average molecular weight is 855 g/mol. The molecule has 0 fully saturated rings. The third-order valence-corrected chi connectivity index (χ3v) is 12.7. The first-order valence-corrected chi connectivity index (χ1v) is 22.7. The molecule has 4 nitrogen and oxygen atoms in total. The minimum absolute atomic E-state index is 0.671. The molecular formula is C63H42N4. The van der Waals surface area contributed by atoms with Gasteiger partial charge in [0.15, 0.2) is 5.82 Å². The average Bonchev–Trinajstić information content (AvgIpc) is 3.83. The van der Waals surface area contributed by atoms with Crippen LogP contribution in [-0.4, -0.2) is 19.6 Å². The number of hydrogen-bond donors (Lipinski definition) is 0. The molecule has 0 aliphatic carbocycles. The lowest BCUT2D eigenvalue weighted by Crippen LogP contribution is -1.97. The molecule has 3 aromatic heterocycles. The number of aromatic nitrogens is 4. The molecule has 67 heavy (non-hydrogen) atoms. The molecule has 12 aromatic rings. The summed E-state index contributed by atoms with van der Waals surface area (Å²) in [4.78, 5) is 10.5. The molecule has 0 saturated carbocycles. The summed E-state index contributed by atoms with van der Waals surface area (Å²) in [5, 5.41) is 7.71. The zero-order valence-electron chi connectivity index (χ0n) is 36.5. The monoisotopic (exact) mass is 854 g/mol. The number of benzene rings is 9. The van der Waals surface area contributed by atoms with Crippen molar-refractivity contribution >= 4 is 16.3 Å². The minimum atomic E-state index is 0.671. The van der Waals surface area contributed by atoms with Crippen molar-refractivity contribution in [2.24, 2.45) is 0 Å². The topological polar surface area (TPSA) is 43.1 Å². The molecule has 0 saturated heterocycles. The van der Waals surface area contributed by atoms with E-state index >= 15 is 0 Å². The lowest BCUT2D eigenvalue weighted by molar-refractivity contribution is 0.979. The third kappa shape index (κ3) is 7.57. The maximum Gasteiger partial charge on any atom is 0.160 e. The highest BCUT2D eigenvalue weighted by molar-refractivity contribution is 6.12. The number of rotatable bonds is 9. The zero-order chi connectivity index (χ0) is 44.5. The first kappa shape index (κ1) is 39.6. The molecule has 0 radical (unpaired) electrons. The molecule has 0 aliphatic rings. The Kier molecular flexibility index (Phi) is 10.2. The summed E-state index contributed by atoms with van der Waals surface area (Å²) in [7, 11) is 0. The molecule has 9 aromatic carbocycles. The first-order chi connectivity index (χ1) is 33.2. The molecule has 0 bridgehead atoms. The zero-order valence-corrected chi connectivity index (χ0v) is 36.5. The molecule has 12 rings (SSSR count). The fraction of sp³-hybridized carbons (Fsp3) is 0. The van der Waals surface area contributed by atoms with Crippen LogP contribution in [0.3, 0.4) is 0 Å². The van der Waals surface area contributed by atoms with Gasteiger partial charge in [0.25, 0.3) is 0 Å². The molecule has 0 amide bonds. The summed E-state index contributed by atoms with van der Waals surface area (Å²) in [6.07, 6.45) is 0. The summed E-state index contributed by atoms with van der Waals surface area (Å²) >= 11 is 0. The van der Waals surface area contributed by atoms with E-state index in [1.54, 1.807) is 0 Å². The van der Waals surface area contributed by atoms with Gasteiger partial charge in [-0.2, -0.15) is 5.10 Å². The highest BCUT2D eigenvalue weighted by Gasteiger charge is 2.23. The van der Waals surface area contributed by atoms with Gasteiger partial charge < -0.3 is 0 Å². The predicted octanol–water partition coefficient (Wildman–Crippen LogP) is 16.3. The summed E-state index contributed by atoms with van der Waals surface area (Å²) < 4.78 is 2.15. The standard InChI is InChI=1S/C63H42N4/c1-6-17-43(18-7-1)45-29-35-48(36-30-45)57-42-58(49-37-31-46(32-38-49)44-19-8-2-9-20-44)65-63(64-57)53-39-33-47(34-40-53)54-27-16-28-55-56(54)41-59(50-21-10-3-11-22-50)67-62(55)60(51-23-12-4-13-24-51)61(66-67)52-25-14-5-15-26-52/h1-42H. The van der Waals surface area contributed by atoms with Gasteiger partial charge in [0.2, 0.25) is 0 Å². The van der Waals surface area contributed by atoms with Crippen LogP contribution in [0.25, 0.3) is 117 Å². The van der Waals surface area contributed by atoms with Crippen LogP contribution in [-0.2, 0) is 0 Å². The molecule has 314 valence electrons. The van der Waals surface area contributed by atoms with Gasteiger partial charge in [0.05, 0.1) is 22.6 Å². The van der Waals surface area contributed by atoms with Crippen molar-refractivity contribution in [1.82, 2.24) is 19.6 Å². The van der Waals surface area contributed by atoms with Gasteiger partial charge in [0, 0.05) is 38.8 Å². The fourth-order valence-electron chi connectivity index (χ4n) is 9.31. The van der Waals surface area contributed by atoms with Crippen LogP contribution in [0.2, 0.25) is 0 Å².